The maximum atomic E-state index is 11.9. The number of urea groups is 1. The number of nitrogens with zero attached hydrogens (tertiary/aromatic N) is 1. The quantitative estimate of drug-likeness (QED) is 0.778. The molecule has 0 radical (unpaired) electrons. The number of hydrogen-bond donors (Lipinski definition) is 2. The second-order valence-electron chi connectivity index (χ2n) is 4.96. The molecule has 6 heteroatoms. The molecule has 2 aliphatic heterocycles. The molecule has 18 heavy (non-hydrogen) atoms. The summed E-state index contributed by atoms with van der Waals surface area (Å²) in [5.74, 6) is -0.558. The minimum absolute atomic E-state index is 0.259. The molecule has 2 fully saturated rings. The molecule has 2 unspecified atom stereocenters. The SMILES string of the molecule is O=C(O)C1CCCN1C(=O)NCC1CCCOC1. The summed E-state index contributed by atoms with van der Waals surface area (Å²) in [6.07, 6.45) is 3.40. The molecule has 102 valence electrons. The van der Waals surface area contributed by atoms with Crippen molar-refractivity contribution < 1.29 is 19.4 Å². The summed E-state index contributed by atoms with van der Waals surface area (Å²) in [5.41, 5.74) is 0. The Kier molecular flexibility index (Phi) is 4.41. The van der Waals surface area contributed by atoms with E-state index in [0.29, 0.717) is 32.0 Å². The summed E-state index contributed by atoms with van der Waals surface area (Å²) in [5, 5.41) is 11.8. The summed E-state index contributed by atoms with van der Waals surface area (Å²) >= 11 is 0. The first kappa shape index (κ1) is 13.1. The zero-order valence-electron chi connectivity index (χ0n) is 10.4. The van der Waals surface area contributed by atoms with Gasteiger partial charge >= 0.3 is 12.0 Å². The summed E-state index contributed by atoms with van der Waals surface area (Å²) in [6.45, 7) is 2.59. The van der Waals surface area contributed by atoms with Crippen LogP contribution >= 0.6 is 0 Å². The largest absolute Gasteiger partial charge is 0.480 e. The van der Waals surface area contributed by atoms with Crippen molar-refractivity contribution in [3.63, 3.8) is 0 Å². The van der Waals surface area contributed by atoms with E-state index in [1.165, 1.54) is 4.90 Å². The van der Waals surface area contributed by atoms with Crippen molar-refractivity contribution in [1.29, 1.82) is 0 Å². The molecule has 0 spiro atoms. The van der Waals surface area contributed by atoms with E-state index in [4.69, 9.17) is 9.84 Å². The topological polar surface area (TPSA) is 78.9 Å². The van der Waals surface area contributed by atoms with Gasteiger partial charge in [0.25, 0.3) is 0 Å². The maximum absolute atomic E-state index is 11.9. The van der Waals surface area contributed by atoms with Crippen LogP contribution in [0.4, 0.5) is 4.79 Å². The molecule has 2 saturated heterocycles. The Hall–Kier alpha value is -1.30. The van der Waals surface area contributed by atoms with Crippen molar-refractivity contribution in [3.05, 3.63) is 0 Å². The third-order valence-electron chi connectivity index (χ3n) is 3.60. The summed E-state index contributed by atoms with van der Waals surface area (Å²) < 4.78 is 5.34. The van der Waals surface area contributed by atoms with Gasteiger partial charge < -0.3 is 20.1 Å². The molecule has 0 aromatic heterocycles. The van der Waals surface area contributed by atoms with Gasteiger partial charge in [-0.25, -0.2) is 9.59 Å². The highest BCUT2D eigenvalue weighted by atomic mass is 16.5. The van der Waals surface area contributed by atoms with Crippen LogP contribution < -0.4 is 5.32 Å². The van der Waals surface area contributed by atoms with Crippen LogP contribution in [-0.2, 0) is 9.53 Å². The van der Waals surface area contributed by atoms with Crippen LogP contribution in [0.2, 0.25) is 0 Å². The van der Waals surface area contributed by atoms with Crippen LogP contribution in [0.25, 0.3) is 0 Å². The van der Waals surface area contributed by atoms with Gasteiger partial charge in [-0.15, -0.1) is 0 Å². The first-order valence-corrected chi connectivity index (χ1v) is 6.53. The van der Waals surface area contributed by atoms with Crippen LogP contribution in [0.3, 0.4) is 0 Å². The average molecular weight is 256 g/mol. The molecule has 0 aromatic rings. The fourth-order valence-corrected chi connectivity index (χ4v) is 2.57. The minimum Gasteiger partial charge on any atom is -0.480 e. The number of aliphatic carboxylic acids is 1. The molecule has 2 atom stereocenters. The molecule has 2 heterocycles. The number of nitrogens with one attached hydrogen (secondary N) is 1. The maximum Gasteiger partial charge on any atom is 0.326 e. The van der Waals surface area contributed by atoms with Crippen molar-refractivity contribution in [3.8, 4) is 0 Å². The van der Waals surface area contributed by atoms with Crippen LogP contribution in [0.15, 0.2) is 0 Å². The fraction of sp³-hybridized carbons (Fsp3) is 0.833. The zero-order valence-corrected chi connectivity index (χ0v) is 10.4. The standard InChI is InChI=1S/C12H20N2O4/c15-11(16)10-4-1-5-14(10)12(17)13-7-9-3-2-6-18-8-9/h9-10H,1-8H2,(H,13,17)(H,15,16). The number of amides is 2. The molecule has 0 aromatic carbocycles. The van der Waals surface area contributed by atoms with E-state index in [1.54, 1.807) is 0 Å². The lowest BCUT2D eigenvalue weighted by Crippen LogP contribution is -2.47. The van der Waals surface area contributed by atoms with Crippen molar-refractivity contribution in [1.82, 2.24) is 10.2 Å². The molecule has 0 bridgehead atoms. The van der Waals surface area contributed by atoms with E-state index >= 15 is 0 Å². The molecule has 2 aliphatic rings. The fourth-order valence-electron chi connectivity index (χ4n) is 2.57. The molecule has 2 rings (SSSR count). The van der Waals surface area contributed by atoms with Crippen molar-refractivity contribution in [2.24, 2.45) is 5.92 Å². The highest BCUT2D eigenvalue weighted by Crippen LogP contribution is 2.18. The van der Waals surface area contributed by atoms with Crippen LogP contribution in [0.5, 0.6) is 0 Å². The predicted molar refractivity (Wildman–Crippen MR) is 64.3 cm³/mol. The molecule has 0 aliphatic carbocycles. The van der Waals surface area contributed by atoms with E-state index in [0.717, 1.165) is 25.9 Å². The molecule has 0 saturated carbocycles. The summed E-state index contributed by atoms with van der Waals surface area (Å²) in [6, 6.07) is -0.918. The Bertz CT molecular complexity index is 315. The average Bonchev–Trinajstić information content (AvgIpc) is 2.86. The third-order valence-corrected chi connectivity index (χ3v) is 3.60. The normalized spacial score (nSPS) is 28.1. The third kappa shape index (κ3) is 3.13. The zero-order chi connectivity index (χ0) is 13.0. The minimum atomic E-state index is -0.913. The number of rotatable bonds is 3. The summed E-state index contributed by atoms with van der Waals surface area (Å²) in [7, 11) is 0. The van der Waals surface area contributed by atoms with Crippen molar-refractivity contribution in [2.45, 2.75) is 31.7 Å². The van der Waals surface area contributed by atoms with Gasteiger partial charge in [0, 0.05) is 19.7 Å². The lowest BCUT2D eigenvalue weighted by atomic mass is 10.0. The van der Waals surface area contributed by atoms with Gasteiger partial charge in [-0.1, -0.05) is 0 Å². The Morgan fingerprint density at radius 2 is 2.17 bits per heavy atom. The van der Waals surface area contributed by atoms with Gasteiger partial charge in [0.15, 0.2) is 0 Å². The lowest BCUT2D eigenvalue weighted by Gasteiger charge is -2.25. The van der Waals surface area contributed by atoms with Gasteiger partial charge in [-0.05, 0) is 31.6 Å². The Balaban J connectivity index is 1.78. The van der Waals surface area contributed by atoms with Crippen LogP contribution in [-0.4, -0.2) is 54.4 Å². The summed E-state index contributed by atoms with van der Waals surface area (Å²) in [4.78, 5) is 24.3. The van der Waals surface area contributed by atoms with Gasteiger partial charge in [-0.2, -0.15) is 0 Å². The molecule has 2 amide bonds. The number of carbonyl (C=O) groups excluding carboxylic acids is 1. The van der Waals surface area contributed by atoms with E-state index in [2.05, 4.69) is 5.32 Å². The van der Waals surface area contributed by atoms with E-state index in [-0.39, 0.29) is 6.03 Å². The van der Waals surface area contributed by atoms with Gasteiger partial charge in [0.2, 0.25) is 0 Å². The molecule has 6 nitrogen and oxygen atoms in total. The molecular weight excluding hydrogens is 236 g/mol. The van der Waals surface area contributed by atoms with Crippen LogP contribution in [0, 0.1) is 5.92 Å². The van der Waals surface area contributed by atoms with E-state index in [9.17, 15) is 9.59 Å². The van der Waals surface area contributed by atoms with Gasteiger partial charge in [0.05, 0.1) is 6.61 Å². The number of likely N-dealkylation sites (tertiary alicyclic amines) is 1. The smallest absolute Gasteiger partial charge is 0.326 e. The van der Waals surface area contributed by atoms with Crippen molar-refractivity contribution in [2.75, 3.05) is 26.3 Å². The van der Waals surface area contributed by atoms with Gasteiger partial charge in [-0.3, -0.25) is 0 Å². The Morgan fingerprint density at radius 1 is 1.33 bits per heavy atom. The number of carboxylic acid groups (broad SMARTS) is 1. The number of carbonyl (C=O) groups is 2. The highest BCUT2D eigenvalue weighted by molar-refractivity contribution is 5.83. The van der Waals surface area contributed by atoms with Crippen LogP contribution in [0.1, 0.15) is 25.7 Å². The second kappa shape index (κ2) is 6.04. The highest BCUT2D eigenvalue weighted by Gasteiger charge is 2.34. The number of carboxylic acids is 1. The number of hydrogen-bond acceptors (Lipinski definition) is 3. The lowest BCUT2D eigenvalue weighted by molar-refractivity contribution is -0.141. The monoisotopic (exact) mass is 256 g/mol. The molecule has 2 N–H and O–H groups in total. The van der Waals surface area contributed by atoms with E-state index < -0.39 is 12.0 Å². The molecular formula is C12H20N2O4. The Labute approximate surface area is 106 Å². The number of ether oxygens (including phenoxy) is 1. The van der Waals surface area contributed by atoms with E-state index in [1.807, 2.05) is 0 Å². The van der Waals surface area contributed by atoms with Gasteiger partial charge in [0.1, 0.15) is 6.04 Å². The first-order chi connectivity index (χ1) is 8.68. The van der Waals surface area contributed by atoms with Crippen molar-refractivity contribution >= 4 is 12.0 Å². The second-order valence-corrected chi connectivity index (χ2v) is 4.96. The Morgan fingerprint density at radius 3 is 2.83 bits per heavy atom. The predicted octanol–water partition coefficient (Wildman–Crippen LogP) is 0.672. The first-order valence-electron chi connectivity index (χ1n) is 6.53.